The molecule has 1 fully saturated rings. The first kappa shape index (κ1) is 12.4. The quantitative estimate of drug-likeness (QED) is 0.591. The Morgan fingerprint density at radius 3 is 2.93 bits per heavy atom. The summed E-state index contributed by atoms with van der Waals surface area (Å²) in [5, 5.41) is 11.4. The Bertz CT molecular complexity index is 219. The normalized spacial score (nSPS) is 21.4. The van der Waals surface area contributed by atoms with Crippen molar-refractivity contribution in [2.75, 3.05) is 39.5 Å². The van der Waals surface area contributed by atoms with Crippen LogP contribution in [0.2, 0.25) is 0 Å². The predicted octanol–water partition coefficient (Wildman–Crippen LogP) is -0.794. The van der Waals surface area contributed by atoms with Crippen LogP contribution >= 0.6 is 0 Å². The third-order valence-electron chi connectivity index (χ3n) is 2.75. The van der Waals surface area contributed by atoms with Crippen LogP contribution in [0.15, 0.2) is 0 Å². The summed E-state index contributed by atoms with van der Waals surface area (Å²) in [5.74, 6) is 0.0657. The number of ether oxygens (including phenoxy) is 1. The highest BCUT2D eigenvalue weighted by Crippen LogP contribution is 2.16. The fourth-order valence-corrected chi connectivity index (χ4v) is 1.68. The van der Waals surface area contributed by atoms with Gasteiger partial charge in [0.15, 0.2) is 0 Å². The Kier molecular flexibility index (Phi) is 4.50. The third kappa shape index (κ3) is 3.15. The van der Waals surface area contributed by atoms with Gasteiger partial charge in [-0.15, -0.1) is 0 Å². The lowest BCUT2D eigenvalue weighted by atomic mass is 9.99. The standard InChI is InChI=1S/C10H20N2O3/c1-10(2)9(14)11-3-4-12(10)5-7-15-8-6-13/h13H,3-8H2,1-2H3,(H,11,14). The zero-order valence-corrected chi connectivity index (χ0v) is 9.45. The third-order valence-corrected chi connectivity index (χ3v) is 2.75. The number of rotatable bonds is 5. The van der Waals surface area contributed by atoms with Gasteiger partial charge in [-0.05, 0) is 13.8 Å². The zero-order valence-electron chi connectivity index (χ0n) is 9.45. The maximum atomic E-state index is 11.6. The van der Waals surface area contributed by atoms with Crippen molar-refractivity contribution >= 4 is 5.91 Å². The summed E-state index contributed by atoms with van der Waals surface area (Å²) >= 11 is 0. The Labute approximate surface area is 90.4 Å². The number of hydrogen-bond acceptors (Lipinski definition) is 4. The van der Waals surface area contributed by atoms with Crippen molar-refractivity contribution in [1.29, 1.82) is 0 Å². The molecule has 1 aliphatic rings. The number of carbonyl (C=O) groups is 1. The van der Waals surface area contributed by atoms with Gasteiger partial charge < -0.3 is 15.2 Å². The number of nitrogens with zero attached hydrogens (tertiary/aromatic N) is 1. The molecule has 1 rings (SSSR count). The number of carbonyl (C=O) groups excluding carboxylic acids is 1. The first-order chi connectivity index (χ1) is 7.09. The molecule has 15 heavy (non-hydrogen) atoms. The van der Waals surface area contributed by atoms with Gasteiger partial charge in [-0.2, -0.15) is 0 Å². The average molecular weight is 216 g/mol. The van der Waals surface area contributed by atoms with E-state index in [4.69, 9.17) is 9.84 Å². The molecule has 0 bridgehead atoms. The predicted molar refractivity (Wildman–Crippen MR) is 56.6 cm³/mol. The van der Waals surface area contributed by atoms with Gasteiger partial charge in [0.2, 0.25) is 5.91 Å². The Morgan fingerprint density at radius 2 is 2.27 bits per heavy atom. The van der Waals surface area contributed by atoms with Gasteiger partial charge in [0, 0.05) is 19.6 Å². The molecule has 1 heterocycles. The van der Waals surface area contributed by atoms with Crippen molar-refractivity contribution in [3.8, 4) is 0 Å². The summed E-state index contributed by atoms with van der Waals surface area (Å²) < 4.78 is 5.19. The monoisotopic (exact) mass is 216 g/mol. The van der Waals surface area contributed by atoms with Gasteiger partial charge >= 0.3 is 0 Å². The molecule has 0 spiro atoms. The summed E-state index contributed by atoms with van der Waals surface area (Å²) in [6, 6.07) is 0. The molecule has 1 amide bonds. The molecule has 88 valence electrons. The number of nitrogens with one attached hydrogen (secondary N) is 1. The average Bonchev–Trinajstić information content (AvgIpc) is 2.19. The summed E-state index contributed by atoms with van der Waals surface area (Å²) in [6.07, 6.45) is 0. The van der Waals surface area contributed by atoms with E-state index in [1.54, 1.807) is 0 Å². The number of aliphatic hydroxyl groups excluding tert-OH is 1. The molecule has 2 N–H and O–H groups in total. The van der Waals surface area contributed by atoms with Crippen molar-refractivity contribution in [1.82, 2.24) is 10.2 Å². The molecule has 0 radical (unpaired) electrons. The highest BCUT2D eigenvalue weighted by atomic mass is 16.5. The summed E-state index contributed by atoms with van der Waals surface area (Å²) in [7, 11) is 0. The second-order valence-corrected chi connectivity index (χ2v) is 4.14. The van der Waals surface area contributed by atoms with Crippen LogP contribution in [-0.4, -0.2) is 60.9 Å². The first-order valence-corrected chi connectivity index (χ1v) is 5.31. The van der Waals surface area contributed by atoms with Gasteiger partial charge in [0.05, 0.1) is 25.4 Å². The van der Waals surface area contributed by atoms with E-state index >= 15 is 0 Å². The molecule has 0 atom stereocenters. The molecule has 1 aliphatic heterocycles. The molecule has 0 aromatic carbocycles. The molecular formula is C10H20N2O3. The number of piperazine rings is 1. The second kappa shape index (κ2) is 5.44. The molecule has 5 nitrogen and oxygen atoms in total. The minimum absolute atomic E-state index is 0.0455. The van der Waals surface area contributed by atoms with E-state index in [0.29, 0.717) is 19.8 Å². The molecule has 0 saturated carbocycles. The molecule has 5 heteroatoms. The Hall–Kier alpha value is -0.650. The molecule has 0 aliphatic carbocycles. The van der Waals surface area contributed by atoms with E-state index in [0.717, 1.165) is 13.1 Å². The fraction of sp³-hybridized carbons (Fsp3) is 0.900. The summed E-state index contributed by atoms with van der Waals surface area (Å²) in [6.45, 7) is 7.05. The van der Waals surface area contributed by atoms with Crippen molar-refractivity contribution in [3.63, 3.8) is 0 Å². The lowest BCUT2D eigenvalue weighted by molar-refractivity contribution is -0.135. The Balaban J connectivity index is 2.36. The first-order valence-electron chi connectivity index (χ1n) is 5.31. The SMILES string of the molecule is CC1(C)C(=O)NCCN1CCOCCO. The van der Waals surface area contributed by atoms with Crippen LogP contribution in [0.25, 0.3) is 0 Å². The molecule has 0 aromatic heterocycles. The second-order valence-electron chi connectivity index (χ2n) is 4.14. The van der Waals surface area contributed by atoms with E-state index in [1.165, 1.54) is 0 Å². The van der Waals surface area contributed by atoms with Crippen molar-refractivity contribution in [2.24, 2.45) is 0 Å². The van der Waals surface area contributed by atoms with Crippen LogP contribution in [0.5, 0.6) is 0 Å². The van der Waals surface area contributed by atoms with E-state index in [1.807, 2.05) is 13.8 Å². The van der Waals surface area contributed by atoms with E-state index in [-0.39, 0.29) is 12.5 Å². The lowest BCUT2D eigenvalue weighted by Gasteiger charge is -2.41. The van der Waals surface area contributed by atoms with Crippen LogP contribution in [0.1, 0.15) is 13.8 Å². The maximum Gasteiger partial charge on any atom is 0.240 e. The van der Waals surface area contributed by atoms with Crippen molar-refractivity contribution < 1.29 is 14.6 Å². The summed E-state index contributed by atoms with van der Waals surface area (Å²) in [5.41, 5.74) is -0.458. The molecule has 0 unspecified atom stereocenters. The Morgan fingerprint density at radius 1 is 1.53 bits per heavy atom. The fourth-order valence-electron chi connectivity index (χ4n) is 1.68. The van der Waals surface area contributed by atoms with Gasteiger partial charge in [0.1, 0.15) is 0 Å². The smallest absolute Gasteiger partial charge is 0.240 e. The van der Waals surface area contributed by atoms with Crippen LogP contribution < -0.4 is 5.32 Å². The van der Waals surface area contributed by atoms with E-state index < -0.39 is 5.54 Å². The van der Waals surface area contributed by atoms with E-state index in [9.17, 15) is 4.79 Å². The minimum atomic E-state index is -0.458. The number of hydrogen-bond donors (Lipinski definition) is 2. The highest BCUT2D eigenvalue weighted by molar-refractivity contribution is 5.86. The van der Waals surface area contributed by atoms with Gasteiger partial charge in [-0.25, -0.2) is 0 Å². The highest BCUT2D eigenvalue weighted by Gasteiger charge is 2.36. The minimum Gasteiger partial charge on any atom is -0.394 e. The van der Waals surface area contributed by atoms with Crippen molar-refractivity contribution in [2.45, 2.75) is 19.4 Å². The topological polar surface area (TPSA) is 61.8 Å². The molecule has 1 saturated heterocycles. The van der Waals surface area contributed by atoms with E-state index in [2.05, 4.69) is 10.2 Å². The molecule has 0 aromatic rings. The summed E-state index contributed by atoms with van der Waals surface area (Å²) in [4.78, 5) is 13.7. The zero-order chi connectivity index (χ0) is 11.3. The number of aliphatic hydroxyl groups is 1. The molecular weight excluding hydrogens is 196 g/mol. The van der Waals surface area contributed by atoms with Gasteiger partial charge in [-0.1, -0.05) is 0 Å². The van der Waals surface area contributed by atoms with Crippen LogP contribution in [-0.2, 0) is 9.53 Å². The number of amides is 1. The van der Waals surface area contributed by atoms with Crippen LogP contribution in [0.3, 0.4) is 0 Å². The van der Waals surface area contributed by atoms with Crippen LogP contribution in [0.4, 0.5) is 0 Å². The maximum absolute atomic E-state index is 11.6. The lowest BCUT2D eigenvalue weighted by Crippen LogP contribution is -2.62. The van der Waals surface area contributed by atoms with Gasteiger partial charge in [-0.3, -0.25) is 9.69 Å². The van der Waals surface area contributed by atoms with Crippen LogP contribution in [0, 0.1) is 0 Å². The van der Waals surface area contributed by atoms with Crippen molar-refractivity contribution in [3.05, 3.63) is 0 Å². The largest absolute Gasteiger partial charge is 0.394 e. The van der Waals surface area contributed by atoms with Gasteiger partial charge in [0.25, 0.3) is 0 Å².